The lowest BCUT2D eigenvalue weighted by Gasteiger charge is -2.37. The first-order chi connectivity index (χ1) is 18.6. The SMILES string of the molecule is CC(C)(N)C(=O)N1CCN(C(=O)Nc2ccn(-c3ccc4c(c3)OCC(N3CC5C(N)C5C3)C4)c(=O)n2)CC1. The van der Waals surface area contributed by atoms with Crippen molar-refractivity contribution < 1.29 is 14.3 Å². The van der Waals surface area contributed by atoms with Crippen LogP contribution < -0.4 is 27.2 Å². The van der Waals surface area contributed by atoms with Crippen LogP contribution >= 0.6 is 0 Å². The predicted molar refractivity (Wildman–Crippen MR) is 145 cm³/mol. The third-order valence-corrected chi connectivity index (χ3v) is 8.46. The van der Waals surface area contributed by atoms with Crippen molar-refractivity contribution in [3.8, 4) is 11.4 Å². The maximum Gasteiger partial charge on any atom is 0.354 e. The van der Waals surface area contributed by atoms with Crippen molar-refractivity contribution in [2.24, 2.45) is 23.3 Å². The first-order valence-electron chi connectivity index (χ1n) is 13.6. The van der Waals surface area contributed by atoms with Gasteiger partial charge in [-0.1, -0.05) is 6.07 Å². The molecule has 208 valence electrons. The normalized spacial score (nSPS) is 26.5. The molecule has 1 aromatic heterocycles. The van der Waals surface area contributed by atoms with Crippen LogP contribution in [-0.2, 0) is 11.2 Å². The van der Waals surface area contributed by atoms with E-state index in [-0.39, 0.29) is 17.8 Å². The summed E-state index contributed by atoms with van der Waals surface area (Å²) in [5.41, 5.74) is 12.3. The van der Waals surface area contributed by atoms with Crippen LogP contribution in [-0.4, -0.2) is 99.7 Å². The van der Waals surface area contributed by atoms with Crippen molar-refractivity contribution in [2.75, 3.05) is 51.2 Å². The van der Waals surface area contributed by atoms with Crippen molar-refractivity contribution in [1.29, 1.82) is 0 Å². The average Bonchev–Trinajstić information content (AvgIpc) is 3.30. The second-order valence-electron chi connectivity index (χ2n) is 11.7. The molecule has 3 atom stereocenters. The van der Waals surface area contributed by atoms with Crippen LogP contribution in [0.15, 0.2) is 35.3 Å². The summed E-state index contributed by atoms with van der Waals surface area (Å²) in [6.07, 6.45) is 2.51. The molecule has 3 unspecified atom stereocenters. The number of aromatic nitrogens is 2. The molecule has 1 saturated carbocycles. The van der Waals surface area contributed by atoms with Gasteiger partial charge in [0.2, 0.25) is 5.91 Å². The summed E-state index contributed by atoms with van der Waals surface area (Å²) in [7, 11) is 0. The minimum absolute atomic E-state index is 0.145. The zero-order valence-corrected chi connectivity index (χ0v) is 22.4. The standard InChI is InChI=1S/C27H36N8O4/c1-27(2,29)24(36)32-7-9-33(10-8-32)25(37)30-22-5-6-35(26(38)31-22)17-4-3-16-11-18(15-39-21(16)12-17)34-13-19-20(14-34)23(19)28/h3-6,12,18-20,23H,7-11,13-15,28-29H2,1-2H3,(H,30,31,37,38). The molecule has 39 heavy (non-hydrogen) atoms. The van der Waals surface area contributed by atoms with E-state index in [1.807, 2.05) is 18.2 Å². The molecule has 6 rings (SSSR count). The van der Waals surface area contributed by atoms with Gasteiger partial charge in [0.25, 0.3) is 0 Å². The number of amides is 3. The highest BCUT2D eigenvalue weighted by Crippen LogP contribution is 2.45. The van der Waals surface area contributed by atoms with Gasteiger partial charge in [-0.15, -0.1) is 0 Å². The molecule has 0 radical (unpaired) electrons. The second-order valence-corrected chi connectivity index (χ2v) is 11.7. The first kappa shape index (κ1) is 25.8. The summed E-state index contributed by atoms with van der Waals surface area (Å²) in [6, 6.07) is 7.73. The van der Waals surface area contributed by atoms with Gasteiger partial charge < -0.3 is 26.0 Å². The number of anilines is 1. The zero-order chi connectivity index (χ0) is 27.5. The van der Waals surface area contributed by atoms with Crippen LogP contribution in [0.4, 0.5) is 10.6 Å². The number of fused-ring (bicyclic) bond motifs is 2. The number of rotatable bonds is 4. The number of likely N-dealkylation sites (tertiary alicyclic amines) is 1. The Morgan fingerprint density at radius 1 is 1.08 bits per heavy atom. The van der Waals surface area contributed by atoms with Gasteiger partial charge in [0.05, 0.1) is 11.2 Å². The van der Waals surface area contributed by atoms with E-state index in [0.717, 1.165) is 30.8 Å². The molecule has 2 saturated heterocycles. The zero-order valence-electron chi connectivity index (χ0n) is 22.4. The summed E-state index contributed by atoms with van der Waals surface area (Å²) in [6.45, 7) is 7.60. The fraction of sp³-hybridized carbons (Fsp3) is 0.556. The van der Waals surface area contributed by atoms with Gasteiger partial charge in [-0.25, -0.2) is 9.59 Å². The lowest BCUT2D eigenvalue weighted by atomic mass is 10.0. The Hall–Kier alpha value is -3.48. The van der Waals surface area contributed by atoms with E-state index in [1.54, 1.807) is 35.9 Å². The van der Waals surface area contributed by atoms with Gasteiger partial charge in [0.15, 0.2) is 0 Å². The van der Waals surface area contributed by atoms with Gasteiger partial charge in [0.1, 0.15) is 18.2 Å². The predicted octanol–water partition coefficient (Wildman–Crippen LogP) is -0.162. The van der Waals surface area contributed by atoms with Gasteiger partial charge in [0, 0.05) is 63.6 Å². The summed E-state index contributed by atoms with van der Waals surface area (Å²) in [4.78, 5) is 47.8. The summed E-state index contributed by atoms with van der Waals surface area (Å²) < 4.78 is 7.54. The van der Waals surface area contributed by atoms with E-state index < -0.39 is 11.2 Å². The quantitative estimate of drug-likeness (QED) is 0.488. The van der Waals surface area contributed by atoms with Crippen LogP contribution in [0.3, 0.4) is 0 Å². The lowest BCUT2D eigenvalue weighted by molar-refractivity contribution is -0.137. The van der Waals surface area contributed by atoms with Crippen LogP contribution in [0.5, 0.6) is 5.75 Å². The van der Waals surface area contributed by atoms with E-state index >= 15 is 0 Å². The highest BCUT2D eigenvalue weighted by atomic mass is 16.5. The highest BCUT2D eigenvalue weighted by molar-refractivity contribution is 5.89. The fourth-order valence-electron chi connectivity index (χ4n) is 6.01. The van der Waals surface area contributed by atoms with E-state index in [4.69, 9.17) is 16.2 Å². The molecule has 1 aromatic carbocycles. The average molecular weight is 537 g/mol. The van der Waals surface area contributed by atoms with Crippen LogP contribution in [0.1, 0.15) is 19.4 Å². The van der Waals surface area contributed by atoms with Crippen molar-refractivity contribution in [1.82, 2.24) is 24.3 Å². The molecule has 2 aromatic rings. The van der Waals surface area contributed by atoms with Crippen molar-refractivity contribution >= 4 is 17.8 Å². The number of nitrogens with zero attached hydrogens (tertiary/aromatic N) is 5. The fourth-order valence-corrected chi connectivity index (χ4v) is 6.01. The third-order valence-electron chi connectivity index (χ3n) is 8.46. The largest absolute Gasteiger partial charge is 0.492 e. The molecule has 5 N–H and O–H groups in total. The molecule has 12 nitrogen and oxygen atoms in total. The van der Waals surface area contributed by atoms with Gasteiger partial charge in [-0.2, -0.15) is 4.98 Å². The van der Waals surface area contributed by atoms with E-state index in [1.165, 1.54) is 4.57 Å². The molecular formula is C27H36N8O4. The summed E-state index contributed by atoms with van der Waals surface area (Å²) >= 11 is 0. The third kappa shape index (κ3) is 4.99. The monoisotopic (exact) mass is 536 g/mol. The molecule has 3 amide bonds. The Kier molecular flexibility index (Phi) is 6.35. The Morgan fingerprint density at radius 3 is 2.44 bits per heavy atom. The summed E-state index contributed by atoms with van der Waals surface area (Å²) in [5.74, 6) is 2.10. The number of benzene rings is 1. The van der Waals surface area contributed by atoms with Crippen LogP contribution in [0.2, 0.25) is 0 Å². The second kappa shape index (κ2) is 9.61. The number of carbonyl (C=O) groups is 2. The smallest absolute Gasteiger partial charge is 0.354 e. The topological polar surface area (TPSA) is 152 Å². The van der Waals surface area contributed by atoms with E-state index in [9.17, 15) is 14.4 Å². The number of hydrogen-bond acceptors (Lipinski definition) is 8. The molecule has 1 aliphatic carbocycles. The minimum Gasteiger partial charge on any atom is -0.492 e. The van der Waals surface area contributed by atoms with Gasteiger partial charge in [-0.05, 0) is 49.8 Å². The number of carbonyl (C=O) groups excluding carboxylic acids is 2. The maximum absolute atomic E-state index is 12.8. The molecule has 0 bridgehead atoms. The molecular weight excluding hydrogens is 500 g/mol. The minimum atomic E-state index is -0.951. The summed E-state index contributed by atoms with van der Waals surface area (Å²) in [5, 5.41) is 2.69. The number of hydrogen-bond donors (Lipinski definition) is 3. The maximum atomic E-state index is 12.8. The van der Waals surface area contributed by atoms with E-state index in [2.05, 4.69) is 15.2 Å². The number of urea groups is 1. The lowest BCUT2D eigenvalue weighted by Crippen LogP contribution is -2.58. The number of ether oxygens (including phenoxy) is 1. The molecule has 4 aliphatic rings. The number of nitrogens with two attached hydrogens (primary N) is 2. The molecule has 3 fully saturated rings. The van der Waals surface area contributed by atoms with Gasteiger partial charge >= 0.3 is 11.7 Å². The van der Waals surface area contributed by atoms with Crippen molar-refractivity contribution in [2.45, 2.75) is 37.9 Å². The van der Waals surface area contributed by atoms with Crippen molar-refractivity contribution in [3.63, 3.8) is 0 Å². The molecule has 12 heteroatoms. The van der Waals surface area contributed by atoms with Gasteiger partial charge in [-0.3, -0.25) is 19.6 Å². The number of piperazine rings is 1. The van der Waals surface area contributed by atoms with Crippen LogP contribution in [0.25, 0.3) is 5.69 Å². The Bertz CT molecular complexity index is 1330. The van der Waals surface area contributed by atoms with Crippen LogP contribution in [0, 0.1) is 11.8 Å². The first-order valence-corrected chi connectivity index (χ1v) is 13.6. The molecule has 4 heterocycles. The Balaban J connectivity index is 1.06. The molecule has 0 spiro atoms. The van der Waals surface area contributed by atoms with Crippen molar-refractivity contribution in [3.05, 3.63) is 46.5 Å². The Labute approximate surface area is 226 Å². The highest BCUT2D eigenvalue weighted by Gasteiger charge is 2.54. The molecule has 3 aliphatic heterocycles. The Morgan fingerprint density at radius 2 is 1.77 bits per heavy atom. The number of nitrogens with one attached hydrogen (secondary N) is 1. The number of piperidine rings is 1. The van der Waals surface area contributed by atoms with E-state index in [0.29, 0.717) is 62.4 Å².